The van der Waals surface area contributed by atoms with E-state index < -0.39 is 0 Å². The van der Waals surface area contributed by atoms with Crippen LogP contribution < -0.4 is 15.5 Å². The maximum absolute atomic E-state index is 5.79. The maximum Gasteiger partial charge on any atom is 0.191 e. The van der Waals surface area contributed by atoms with Gasteiger partial charge in [0.1, 0.15) is 5.82 Å². The molecule has 6 nitrogen and oxygen atoms in total. The molecule has 0 spiro atoms. The average Bonchev–Trinajstić information content (AvgIpc) is 2.68. The molecule has 0 aliphatic carbocycles. The number of benzene rings is 1. The van der Waals surface area contributed by atoms with Gasteiger partial charge in [-0.3, -0.25) is 4.99 Å². The molecule has 28 heavy (non-hydrogen) atoms. The number of halogens is 1. The predicted molar refractivity (Wildman–Crippen MR) is 125 cm³/mol. The van der Waals surface area contributed by atoms with Crippen molar-refractivity contribution in [1.29, 1.82) is 0 Å². The van der Waals surface area contributed by atoms with Crippen LogP contribution in [0.25, 0.3) is 0 Å². The number of nitrogens with zero attached hydrogens (tertiary/aromatic N) is 3. The zero-order valence-corrected chi connectivity index (χ0v) is 19.1. The van der Waals surface area contributed by atoms with Crippen molar-refractivity contribution in [2.45, 2.75) is 39.1 Å². The summed E-state index contributed by atoms with van der Waals surface area (Å²) in [5.41, 5.74) is 2.34. The minimum Gasteiger partial charge on any atom is -0.372 e. The minimum atomic E-state index is 0. The lowest BCUT2D eigenvalue weighted by Crippen LogP contribution is -2.45. The van der Waals surface area contributed by atoms with E-state index in [1.165, 1.54) is 5.56 Å². The van der Waals surface area contributed by atoms with Crippen molar-refractivity contribution >= 4 is 35.8 Å². The number of pyridine rings is 1. The first kappa shape index (κ1) is 22.4. The van der Waals surface area contributed by atoms with Crippen LogP contribution in [0.5, 0.6) is 0 Å². The summed E-state index contributed by atoms with van der Waals surface area (Å²) in [6.45, 7) is 7.39. The molecule has 1 aromatic heterocycles. The summed E-state index contributed by atoms with van der Waals surface area (Å²) >= 11 is 0. The number of ether oxygens (including phenoxy) is 1. The molecule has 2 N–H and O–H groups in total. The highest BCUT2D eigenvalue weighted by Gasteiger charge is 2.22. The van der Waals surface area contributed by atoms with Crippen LogP contribution in [0, 0.1) is 0 Å². The third-order valence-electron chi connectivity index (χ3n) is 4.54. The number of hydrogen-bond donors (Lipinski definition) is 2. The standard InChI is InChI=1S/C21H29N5O.HI/c1-16-14-26(15-17(2)27-16)20-10-9-19(12-23-20)13-25-21(22-3)24-11-18-7-5-4-6-8-18;/h4-10,12,16-17H,11,13-15H2,1-3H3,(H2,22,24,25);1H. The van der Waals surface area contributed by atoms with E-state index in [0.29, 0.717) is 6.54 Å². The van der Waals surface area contributed by atoms with Gasteiger partial charge >= 0.3 is 0 Å². The van der Waals surface area contributed by atoms with Gasteiger partial charge in [0.2, 0.25) is 0 Å². The quantitative estimate of drug-likeness (QED) is 0.379. The number of aliphatic imine (C=N–C) groups is 1. The fraction of sp³-hybridized carbons (Fsp3) is 0.429. The third-order valence-corrected chi connectivity index (χ3v) is 4.54. The van der Waals surface area contributed by atoms with E-state index in [9.17, 15) is 0 Å². The Morgan fingerprint density at radius 1 is 1.04 bits per heavy atom. The van der Waals surface area contributed by atoms with Crippen LogP contribution in [0.1, 0.15) is 25.0 Å². The van der Waals surface area contributed by atoms with Gasteiger partial charge in [-0.25, -0.2) is 4.98 Å². The van der Waals surface area contributed by atoms with Crippen molar-refractivity contribution < 1.29 is 4.74 Å². The number of nitrogens with one attached hydrogen (secondary N) is 2. The molecule has 1 aromatic carbocycles. The first-order chi connectivity index (χ1) is 13.1. The van der Waals surface area contributed by atoms with Crippen LogP contribution in [0.4, 0.5) is 5.82 Å². The zero-order chi connectivity index (χ0) is 19.1. The summed E-state index contributed by atoms with van der Waals surface area (Å²) in [7, 11) is 1.78. The zero-order valence-electron chi connectivity index (χ0n) is 16.8. The Hall–Kier alpha value is -1.87. The van der Waals surface area contributed by atoms with Crippen molar-refractivity contribution in [3.63, 3.8) is 0 Å². The summed E-state index contributed by atoms with van der Waals surface area (Å²) in [5.74, 6) is 1.78. The van der Waals surface area contributed by atoms with Crippen molar-refractivity contribution in [2.24, 2.45) is 4.99 Å². The molecule has 3 rings (SSSR count). The molecule has 7 heteroatoms. The monoisotopic (exact) mass is 495 g/mol. The Kier molecular flexibility index (Phi) is 8.98. The van der Waals surface area contributed by atoms with Gasteiger partial charge < -0.3 is 20.3 Å². The van der Waals surface area contributed by atoms with Crippen molar-refractivity contribution in [2.75, 3.05) is 25.0 Å². The van der Waals surface area contributed by atoms with Gasteiger partial charge in [0.05, 0.1) is 12.2 Å². The number of aromatic nitrogens is 1. The van der Waals surface area contributed by atoms with E-state index in [2.05, 4.69) is 63.6 Å². The lowest BCUT2D eigenvalue weighted by molar-refractivity contribution is -0.00545. The van der Waals surface area contributed by atoms with E-state index in [-0.39, 0.29) is 36.2 Å². The molecular formula is C21H30IN5O. The molecule has 1 aliphatic rings. The highest BCUT2D eigenvalue weighted by molar-refractivity contribution is 14.0. The van der Waals surface area contributed by atoms with Crippen LogP contribution >= 0.6 is 24.0 Å². The number of anilines is 1. The molecule has 0 amide bonds. The molecule has 152 valence electrons. The number of morpholine rings is 1. The Morgan fingerprint density at radius 2 is 1.68 bits per heavy atom. The van der Waals surface area contributed by atoms with Crippen LogP contribution in [0.2, 0.25) is 0 Å². The highest BCUT2D eigenvalue weighted by atomic mass is 127. The summed E-state index contributed by atoms with van der Waals surface area (Å²) in [5, 5.41) is 6.66. The Bertz CT molecular complexity index is 728. The summed E-state index contributed by atoms with van der Waals surface area (Å²) in [4.78, 5) is 11.2. The lowest BCUT2D eigenvalue weighted by Gasteiger charge is -2.36. The van der Waals surface area contributed by atoms with E-state index >= 15 is 0 Å². The second-order valence-electron chi connectivity index (χ2n) is 6.95. The van der Waals surface area contributed by atoms with Gasteiger partial charge in [-0.2, -0.15) is 0 Å². The van der Waals surface area contributed by atoms with E-state index in [0.717, 1.165) is 37.0 Å². The largest absolute Gasteiger partial charge is 0.372 e. The highest BCUT2D eigenvalue weighted by Crippen LogP contribution is 2.18. The lowest BCUT2D eigenvalue weighted by atomic mass is 10.2. The molecule has 1 fully saturated rings. The van der Waals surface area contributed by atoms with Gasteiger partial charge in [0.15, 0.2) is 5.96 Å². The van der Waals surface area contributed by atoms with Crippen molar-refractivity contribution in [1.82, 2.24) is 15.6 Å². The van der Waals surface area contributed by atoms with Gasteiger partial charge in [0, 0.05) is 39.4 Å². The molecule has 1 saturated heterocycles. The number of rotatable bonds is 5. The second kappa shape index (κ2) is 11.2. The summed E-state index contributed by atoms with van der Waals surface area (Å²) < 4.78 is 5.79. The van der Waals surface area contributed by atoms with Gasteiger partial charge in [-0.1, -0.05) is 36.4 Å². The summed E-state index contributed by atoms with van der Waals surface area (Å²) in [6, 6.07) is 14.5. The van der Waals surface area contributed by atoms with E-state index in [4.69, 9.17) is 4.74 Å². The first-order valence-electron chi connectivity index (χ1n) is 9.48. The Balaban J connectivity index is 0.00000280. The number of hydrogen-bond acceptors (Lipinski definition) is 4. The van der Waals surface area contributed by atoms with Crippen LogP contribution in [-0.2, 0) is 17.8 Å². The minimum absolute atomic E-state index is 0. The first-order valence-corrected chi connectivity index (χ1v) is 9.48. The fourth-order valence-electron chi connectivity index (χ4n) is 3.26. The molecule has 1 aliphatic heterocycles. The molecule has 2 heterocycles. The normalized spacial score (nSPS) is 19.7. The molecular weight excluding hydrogens is 465 g/mol. The predicted octanol–water partition coefficient (Wildman–Crippen LogP) is 3.18. The molecule has 0 saturated carbocycles. The molecule has 0 bridgehead atoms. The third kappa shape index (κ3) is 6.63. The smallest absolute Gasteiger partial charge is 0.191 e. The molecule has 0 radical (unpaired) electrons. The topological polar surface area (TPSA) is 61.8 Å². The molecule has 2 unspecified atom stereocenters. The van der Waals surface area contributed by atoms with Crippen molar-refractivity contribution in [3.8, 4) is 0 Å². The Morgan fingerprint density at radius 3 is 2.25 bits per heavy atom. The fourth-order valence-corrected chi connectivity index (χ4v) is 3.26. The van der Waals surface area contributed by atoms with Crippen LogP contribution in [-0.4, -0.2) is 43.3 Å². The summed E-state index contributed by atoms with van der Waals surface area (Å²) in [6.07, 6.45) is 2.39. The second-order valence-corrected chi connectivity index (χ2v) is 6.95. The average molecular weight is 495 g/mol. The maximum atomic E-state index is 5.79. The molecule has 2 aromatic rings. The number of guanidine groups is 1. The van der Waals surface area contributed by atoms with Crippen LogP contribution in [0.3, 0.4) is 0 Å². The van der Waals surface area contributed by atoms with Gasteiger partial charge in [-0.15, -0.1) is 24.0 Å². The Labute approximate surface area is 184 Å². The van der Waals surface area contributed by atoms with Gasteiger partial charge in [0.25, 0.3) is 0 Å². The SMILES string of the molecule is CN=C(NCc1ccccc1)NCc1ccc(N2CC(C)OC(C)C2)nc1.I. The molecule has 2 atom stereocenters. The van der Waals surface area contributed by atoms with Crippen LogP contribution in [0.15, 0.2) is 53.7 Å². The van der Waals surface area contributed by atoms with Crippen molar-refractivity contribution in [3.05, 3.63) is 59.8 Å². The van der Waals surface area contributed by atoms with E-state index in [1.807, 2.05) is 24.4 Å². The van der Waals surface area contributed by atoms with E-state index in [1.54, 1.807) is 7.05 Å². The van der Waals surface area contributed by atoms with Gasteiger partial charge in [-0.05, 0) is 31.0 Å².